The van der Waals surface area contributed by atoms with Gasteiger partial charge in [-0.05, 0) is 42.7 Å². The Balaban J connectivity index is 1.53. The van der Waals surface area contributed by atoms with Gasteiger partial charge in [-0.3, -0.25) is 14.6 Å². The van der Waals surface area contributed by atoms with Gasteiger partial charge in [-0.1, -0.05) is 22.0 Å². The van der Waals surface area contributed by atoms with Gasteiger partial charge in [0.2, 0.25) is 5.91 Å². The van der Waals surface area contributed by atoms with Crippen molar-refractivity contribution in [2.45, 2.75) is 19.4 Å². The standard InChI is InChI=1S/C19H19BrFN3O2/c20-15-3-4-17(21)16(10-15)19(26)24-8-5-14(6-9-24)18(25)23-12-13-2-1-7-22-11-13/h1-4,7,10-11,14H,5-6,8-9,12H2,(H,23,25). The monoisotopic (exact) mass is 419 g/mol. The van der Waals surface area contributed by atoms with Gasteiger partial charge in [0, 0.05) is 42.4 Å². The SMILES string of the molecule is O=C(NCc1cccnc1)C1CCN(C(=O)c2cc(Br)ccc2F)CC1. The van der Waals surface area contributed by atoms with Crippen LogP contribution in [-0.4, -0.2) is 34.8 Å². The molecular formula is C19H19BrFN3O2. The number of rotatable bonds is 4. The maximum absolute atomic E-state index is 13.9. The molecule has 136 valence electrons. The Hall–Kier alpha value is -2.28. The summed E-state index contributed by atoms with van der Waals surface area (Å²) in [6.45, 7) is 1.32. The van der Waals surface area contributed by atoms with Crippen LogP contribution in [0.5, 0.6) is 0 Å². The van der Waals surface area contributed by atoms with Crippen molar-refractivity contribution in [1.29, 1.82) is 0 Å². The molecule has 0 radical (unpaired) electrons. The van der Waals surface area contributed by atoms with Crippen molar-refractivity contribution in [2.75, 3.05) is 13.1 Å². The summed E-state index contributed by atoms with van der Waals surface area (Å²) in [6, 6.07) is 8.05. The normalized spacial score (nSPS) is 14.9. The molecule has 0 bridgehead atoms. The summed E-state index contributed by atoms with van der Waals surface area (Å²) in [6.07, 6.45) is 4.54. The molecule has 1 aliphatic rings. The van der Waals surface area contributed by atoms with Crippen LogP contribution >= 0.6 is 15.9 Å². The van der Waals surface area contributed by atoms with Crippen molar-refractivity contribution in [3.63, 3.8) is 0 Å². The minimum Gasteiger partial charge on any atom is -0.352 e. The van der Waals surface area contributed by atoms with Gasteiger partial charge < -0.3 is 10.2 Å². The van der Waals surface area contributed by atoms with Crippen molar-refractivity contribution < 1.29 is 14.0 Å². The molecular weight excluding hydrogens is 401 g/mol. The molecule has 1 N–H and O–H groups in total. The van der Waals surface area contributed by atoms with E-state index < -0.39 is 5.82 Å². The van der Waals surface area contributed by atoms with Crippen LogP contribution in [0, 0.1) is 11.7 Å². The molecule has 0 aliphatic carbocycles. The lowest BCUT2D eigenvalue weighted by Crippen LogP contribution is -2.43. The summed E-state index contributed by atoms with van der Waals surface area (Å²) in [4.78, 5) is 30.5. The zero-order chi connectivity index (χ0) is 18.5. The molecule has 0 saturated carbocycles. The number of carbonyl (C=O) groups excluding carboxylic acids is 2. The number of hydrogen-bond donors (Lipinski definition) is 1. The molecule has 26 heavy (non-hydrogen) atoms. The van der Waals surface area contributed by atoms with Crippen LogP contribution in [0.15, 0.2) is 47.2 Å². The second-order valence-electron chi connectivity index (χ2n) is 6.27. The summed E-state index contributed by atoms with van der Waals surface area (Å²) in [7, 11) is 0. The minimum atomic E-state index is -0.533. The number of carbonyl (C=O) groups is 2. The highest BCUT2D eigenvalue weighted by molar-refractivity contribution is 9.10. The van der Waals surface area contributed by atoms with E-state index in [2.05, 4.69) is 26.2 Å². The molecule has 7 heteroatoms. The first kappa shape index (κ1) is 18.5. The third-order valence-corrected chi connectivity index (χ3v) is 4.99. The molecule has 1 aromatic heterocycles. The van der Waals surface area contributed by atoms with Crippen LogP contribution in [0.3, 0.4) is 0 Å². The number of likely N-dealkylation sites (tertiary alicyclic amines) is 1. The summed E-state index contributed by atoms with van der Waals surface area (Å²) in [5.74, 6) is -1.02. The number of piperidine rings is 1. The van der Waals surface area contributed by atoms with E-state index in [1.807, 2.05) is 12.1 Å². The Morgan fingerprint density at radius 1 is 1.27 bits per heavy atom. The lowest BCUT2D eigenvalue weighted by Gasteiger charge is -2.31. The Morgan fingerprint density at radius 2 is 2.04 bits per heavy atom. The predicted molar refractivity (Wildman–Crippen MR) is 98.8 cm³/mol. The zero-order valence-corrected chi connectivity index (χ0v) is 15.7. The Morgan fingerprint density at radius 3 is 2.73 bits per heavy atom. The van der Waals surface area contributed by atoms with Crippen molar-refractivity contribution in [3.05, 3.63) is 64.1 Å². The van der Waals surface area contributed by atoms with Crippen molar-refractivity contribution in [3.8, 4) is 0 Å². The molecule has 0 spiro atoms. The number of amides is 2. The van der Waals surface area contributed by atoms with E-state index >= 15 is 0 Å². The molecule has 0 unspecified atom stereocenters. The van der Waals surface area contributed by atoms with Crippen LogP contribution in [0.25, 0.3) is 0 Å². The van der Waals surface area contributed by atoms with Crippen molar-refractivity contribution in [1.82, 2.24) is 15.2 Å². The third kappa shape index (κ3) is 4.46. The summed E-state index contributed by atoms with van der Waals surface area (Å²) in [5, 5.41) is 2.91. The van der Waals surface area contributed by atoms with Gasteiger partial charge in [-0.2, -0.15) is 0 Å². The predicted octanol–water partition coefficient (Wildman–Crippen LogP) is 3.15. The first-order valence-electron chi connectivity index (χ1n) is 8.45. The van der Waals surface area contributed by atoms with Crippen molar-refractivity contribution in [2.24, 2.45) is 5.92 Å². The lowest BCUT2D eigenvalue weighted by molar-refractivity contribution is -0.126. The lowest BCUT2D eigenvalue weighted by atomic mass is 9.95. The zero-order valence-electron chi connectivity index (χ0n) is 14.1. The maximum Gasteiger partial charge on any atom is 0.256 e. The fourth-order valence-corrected chi connectivity index (χ4v) is 3.37. The third-order valence-electron chi connectivity index (χ3n) is 4.50. The van der Waals surface area contributed by atoms with Gasteiger partial charge in [-0.15, -0.1) is 0 Å². The Bertz CT molecular complexity index is 793. The van der Waals surface area contributed by atoms with Crippen LogP contribution in [-0.2, 0) is 11.3 Å². The van der Waals surface area contributed by atoms with Gasteiger partial charge in [0.15, 0.2) is 0 Å². The Kier molecular flexibility index (Phi) is 5.98. The van der Waals surface area contributed by atoms with E-state index in [0.717, 1.165) is 5.56 Å². The number of aromatic nitrogens is 1. The largest absolute Gasteiger partial charge is 0.352 e. The van der Waals surface area contributed by atoms with E-state index in [-0.39, 0.29) is 23.3 Å². The molecule has 1 aliphatic heterocycles. The second kappa shape index (κ2) is 8.40. The number of nitrogens with zero attached hydrogens (tertiary/aromatic N) is 2. The fraction of sp³-hybridized carbons (Fsp3) is 0.316. The average molecular weight is 420 g/mol. The van der Waals surface area contributed by atoms with Gasteiger partial charge in [0.1, 0.15) is 5.82 Å². The molecule has 3 rings (SSSR count). The molecule has 2 amide bonds. The maximum atomic E-state index is 13.9. The van der Waals surface area contributed by atoms with Crippen LogP contribution in [0.4, 0.5) is 4.39 Å². The van der Waals surface area contributed by atoms with E-state index in [4.69, 9.17) is 0 Å². The van der Waals surface area contributed by atoms with E-state index in [1.54, 1.807) is 23.4 Å². The second-order valence-corrected chi connectivity index (χ2v) is 7.19. The topological polar surface area (TPSA) is 62.3 Å². The van der Waals surface area contributed by atoms with E-state index in [9.17, 15) is 14.0 Å². The van der Waals surface area contributed by atoms with Crippen LogP contribution in [0.1, 0.15) is 28.8 Å². The molecule has 1 aromatic carbocycles. The molecule has 1 saturated heterocycles. The summed E-state index contributed by atoms with van der Waals surface area (Å²) in [5.41, 5.74) is 0.998. The van der Waals surface area contributed by atoms with Gasteiger partial charge in [0.05, 0.1) is 5.56 Å². The van der Waals surface area contributed by atoms with E-state index in [0.29, 0.717) is 36.9 Å². The molecule has 5 nitrogen and oxygen atoms in total. The highest BCUT2D eigenvalue weighted by Gasteiger charge is 2.28. The molecule has 2 aromatic rings. The number of nitrogens with one attached hydrogen (secondary N) is 1. The minimum absolute atomic E-state index is 0.0189. The highest BCUT2D eigenvalue weighted by Crippen LogP contribution is 2.22. The number of halogens is 2. The number of benzene rings is 1. The summed E-state index contributed by atoms with van der Waals surface area (Å²) >= 11 is 3.26. The average Bonchev–Trinajstić information content (AvgIpc) is 2.68. The molecule has 1 fully saturated rings. The number of hydrogen-bond acceptors (Lipinski definition) is 3. The van der Waals surface area contributed by atoms with Crippen LogP contribution < -0.4 is 5.32 Å². The fourth-order valence-electron chi connectivity index (χ4n) is 3.01. The summed E-state index contributed by atoms with van der Waals surface area (Å²) < 4.78 is 14.6. The van der Waals surface area contributed by atoms with Gasteiger partial charge >= 0.3 is 0 Å². The number of pyridine rings is 1. The van der Waals surface area contributed by atoms with E-state index in [1.165, 1.54) is 12.1 Å². The highest BCUT2D eigenvalue weighted by atomic mass is 79.9. The van der Waals surface area contributed by atoms with Gasteiger partial charge in [0.25, 0.3) is 5.91 Å². The first-order valence-corrected chi connectivity index (χ1v) is 9.25. The smallest absolute Gasteiger partial charge is 0.256 e. The molecule has 2 heterocycles. The van der Waals surface area contributed by atoms with Gasteiger partial charge in [-0.25, -0.2) is 4.39 Å². The van der Waals surface area contributed by atoms with Crippen LogP contribution in [0.2, 0.25) is 0 Å². The Labute approximate surface area is 159 Å². The molecule has 0 atom stereocenters. The first-order chi connectivity index (χ1) is 12.5. The quantitative estimate of drug-likeness (QED) is 0.827. The van der Waals surface area contributed by atoms with Crippen molar-refractivity contribution >= 4 is 27.7 Å².